The van der Waals surface area contributed by atoms with Crippen LogP contribution in [0.4, 0.5) is 11.6 Å². The average Bonchev–Trinajstić information content (AvgIpc) is 3.14. The summed E-state index contributed by atoms with van der Waals surface area (Å²) in [6.45, 7) is 1.97. The molecule has 2 aliphatic rings. The van der Waals surface area contributed by atoms with E-state index in [9.17, 15) is 4.79 Å². The number of anilines is 2. The average molecular weight is 554 g/mol. The van der Waals surface area contributed by atoms with Crippen LogP contribution in [0.15, 0.2) is 78.0 Å². The van der Waals surface area contributed by atoms with Crippen molar-refractivity contribution in [3.05, 3.63) is 100 Å². The Morgan fingerprint density at radius 2 is 1.80 bits per heavy atom. The zero-order chi connectivity index (χ0) is 26.8. The third-order valence-electron chi connectivity index (χ3n) is 7.25. The van der Waals surface area contributed by atoms with Crippen molar-refractivity contribution >= 4 is 34.9 Å². The van der Waals surface area contributed by atoms with Crippen LogP contribution in [-0.4, -0.2) is 57.6 Å². The van der Waals surface area contributed by atoms with Gasteiger partial charge in [-0.1, -0.05) is 31.2 Å². The van der Waals surface area contributed by atoms with E-state index in [0.717, 1.165) is 65.4 Å². The molecule has 0 atom stereocenters. The third-order valence-corrected chi connectivity index (χ3v) is 7.48. The van der Waals surface area contributed by atoms with E-state index in [2.05, 4.69) is 20.6 Å². The molecule has 1 saturated heterocycles. The molecule has 204 valence electrons. The first-order chi connectivity index (χ1) is 19.1. The first-order valence-electron chi connectivity index (χ1n) is 13.0. The molecule has 8 nitrogen and oxygen atoms in total. The van der Waals surface area contributed by atoms with Crippen LogP contribution >= 0.6 is 11.6 Å². The Hall–Kier alpha value is -4.14. The maximum Gasteiger partial charge on any atom is 0.253 e. The molecule has 0 unspecified atom stereocenters. The quantitative estimate of drug-likeness (QED) is 0.327. The van der Waals surface area contributed by atoms with Crippen molar-refractivity contribution in [1.29, 1.82) is 0 Å². The molecule has 0 saturated carbocycles. The molecule has 0 spiro atoms. The van der Waals surface area contributed by atoms with E-state index in [4.69, 9.17) is 21.6 Å². The normalized spacial score (nSPS) is 14.8. The number of benzene rings is 2. The van der Waals surface area contributed by atoms with Crippen LogP contribution in [0.3, 0.4) is 0 Å². The van der Waals surface area contributed by atoms with Gasteiger partial charge in [0.2, 0.25) is 5.95 Å². The van der Waals surface area contributed by atoms with Crippen molar-refractivity contribution in [3.8, 4) is 11.3 Å². The number of rotatable bonds is 5. The molecule has 6 rings (SSSR count). The fourth-order valence-corrected chi connectivity index (χ4v) is 5.26. The van der Waals surface area contributed by atoms with Gasteiger partial charge in [0.15, 0.2) is 0 Å². The van der Waals surface area contributed by atoms with Crippen molar-refractivity contribution < 1.29 is 4.79 Å². The summed E-state index contributed by atoms with van der Waals surface area (Å²) in [7, 11) is 1.98. The Kier molecular flexibility index (Phi) is 8.19. The van der Waals surface area contributed by atoms with Crippen molar-refractivity contribution in [2.75, 3.05) is 25.5 Å². The molecule has 1 fully saturated rings. The van der Waals surface area contributed by atoms with Crippen molar-refractivity contribution in [3.63, 3.8) is 0 Å². The number of carbonyl (C=O) groups is 1. The topological polar surface area (TPSA) is 95.4 Å². The van der Waals surface area contributed by atoms with Gasteiger partial charge in [-0.15, -0.1) is 0 Å². The van der Waals surface area contributed by atoms with E-state index in [0.29, 0.717) is 29.1 Å². The minimum Gasteiger partial charge on any atom is -0.339 e. The van der Waals surface area contributed by atoms with Gasteiger partial charge in [0.05, 0.1) is 23.6 Å². The van der Waals surface area contributed by atoms with Gasteiger partial charge in [0, 0.05) is 64.5 Å². The van der Waals surface area contributed by atoms with Crippen molar-refractivity contribution in [1.82, 2.24) is 25.2 Å². The number of aliphatic imine (C=N–C) groups is 1. The molecule has 9 heteroatoms. The summed E-state index contributed by atoms with van der Waals surface area (Å²) in [5.41, 5.74) is 6.55. The van der Waals surface area contributed by atoms with Gasteiger partial charge in [0.25, 0.3) is 5.91 Å². The fourth-order valence-electron chi connectivity index (χ4n) is 5.09. The number of nitrogens with zero attached hydrogens (tertiary/aromatic N) is 5. The van der Waals surface area contributed by atoms with Crippen LogP contribution in [-0.2, 0) is 6.54 Å². The Morgan fingerprint density at radius 1 is 1.00 bits per heavy atom. The summed E-state index contributed by atoms with van der Waals surface area (Å²) in [5, 5.41) is 7.21. The highest BCUT2D eigenvalue weighted by Crippen LogP contribution is 2.33. The molecule has 4 heterocycles. The van der Waals surface area contributed by atoms with Crippen LogP contribution < -0.4 is 10.6 Å². The maximum absolute atomic E-state index is 13.0. The zero-order valence-corrected chi connectivity index (χ0v) is 22.3. The van der Waals surface area contributed by atoms with Gasteiger partial charge in [-0.05, 0) is 68.4 Å². The number of piperidine rings is 1. The number of nitrogens with one attached hydrogen (secondary N) is 2. The Morgan fingerprint density at radius 3 is 2.52 bits per heavy atom. The molecule has 0 bridgehead atoms. The molecule has 0 radical (unpaired) electrons. The second-order valence-corrected chi connectivity index (χ2v) is 10.1. The van der Waals surface area contributed by atoms with Crippen LogP contribution in [0, 0.1) is 0 Å². The number of pyridine rings is 1. The fraction of sp³-hybridized carbons (Fsp3) is 0.258. The molecule has 40 heavy (non-hydrogen) atoms. The molecular weight excluding hydrogens is 522 g/mol. The second kappa shape index (κ2) is 11.9. The lowest BCUT2D eigenvalue weighted by Crippen LogP contribution is -2.43. The van der Waals surface area contributed by atoms with E-state index in [1.165, 1.54) is 0 Å². The van der Waals surface area contributed by atoms with Gasteiger partial charge in [-0.2, -0.15) is 0 Å². The van der Waals surface area contributed by atoms with Crippen molar-refractivity contribution in [2.24, 2.45) is 4.99 Å². The number of fused-ring (bicyclic) bond motifs is 3. The summed E-state index contributed by atoms with van der Waals surface area (Å²) in [4.78, 5) is 33.7. The molecule has 4 aromatic rings. The summed E-state index contributed by atoms with van der Waals surface area (Å²) < 4.78 is 0. The lowest BCUT2D eigenvalue weighted by atomic mass is 9.97. The minimum atomic E-state index is 0. The molecule has 0 aliphatic carbocycles. The molecular formula is C31H32ClN7O. The molecule has 2 aliphatic heterocycles. The summed E-state index contributed by atoms with van der Waals surface area (Å²) in [5.74, 6) is 0.528. The van der Waals surface area contributed by atoms with E-state index in [1.807, 2.05) is 72.6 Å². The van der Waals surface area contributed by atoms with E-state index < -0.39 is 0 Å². The number of amides is 1. The van der Waals surface area contributed by atoms with Crippen LogP contribution in [0.25, 0.3) is 11.3 Å². The highest BCUT2D eigenvalue weighted by Gasteiger charge is 2.24. The molecule has 2 aromatic heterocycles. The van der Waals surface area contributed by atoms with Crippen LogP contribution in [0.1, 0.15) is 47.4 Å². The van der Waals surface area contributed by atoms with E-state index in [-0.39, 0.29) is 13.3 Å². The first-order valence-corrected chi connectivity index (χ1v) is 13.4. The van der Waals surface area contributed by atoms with Crippen LogP contribution in [0.5, 0.6) is 0 Å². The smallest absolute Gasteiger partial charge is 0.253 e. The predicted molar refractivity (Wildman–Crippen MR) is 160 cm³/mol. The third kappa shape index (κ3) is 5.59. The number of hydrogen-bond donors (Lipinski definition) is 2. The summed E-state index contributed by atoms with van der Waals surface area (Å²) in [6.07, 6.45) is 5.51. The molecule has 1 amide bonds. The lowest BCUT2D eigenvalue weighted by molar-refractivity contribution is 0.0707. The highest BCUT2D eigenvalue weighted by atomic mass is 35.5. The van der Waals surface area contributed by atoms with Gasteiger partial charge >= 0.3 is 0 Å². The monoisotopic (exact) mass is 553 g/mol. The van der Waals surface area contributed by atoms with Gasteiger partial charge in [-0.3, -0.25) is 14.8 Å². The SMILES string of the molecule is C.CNC1CCN(C(=O)c2ccc(Nc3ncc4c(n3)-c3ccc(Cl)cc3C(c3ccccn3)=NC4)cc2)CC1. The summed E-state index contributed by atoms with van der Waals surface area (Å²) in [6, 6.07) is 19.5. The maximum atomic E-state index is 13.0. The number of hydrogen-bond acceptors (Lipinski definition) is 7. The second-order valence-electron chi connectivity index (χ2n) is 9.69. The number of carbonyl (C=O) groups excluding carboxylic acids is 1. The Balaban J connectivity index is 0.00000323. The zero-order valence-electron chi connectivity index (χ0n) is 21.6. The molecule has 2 N–H and O–H groups in total. The van der Waals surface area contributed by atoms with Crippen molar-refractivity contribution in [2.45, 2.75) is 32.9 Å². The standard InChI is InChI=1S/C30H28ClN7O.CH4/c1-32-22-11-14-38(15-12-22)29(39)19-5-8-23(9-6-19)36-30-35-18-20-17-34-28(26-4-2-3-13-33-26)25-16-21(31)7-10-24(25)27(20)37-30;/h2-10,13,16,18,22,32H,11-12,14-15,17H2,1H3,(H,35,36,37);1H4. The van der Waals surface area contributed by atoms with Gasteiger partial charge < -0.3 is 15.5 Å². The Labute approximate surface area is 239 Å². The van der Waals surface area contributed by atoms with Gasteiger partial charge in [0.1, 0.15) is 0 Å². The highest BCUT2D eigenvalue weighted by molar-refractivity contribution is 6.31. The molecule has 2 aromatic carbocycles. The number of likely N-dealkylation sites (tertiary alicyclic amines) is 1. The van der Waals surface area contributed by atoms with Gasteiger partial charge in [-0.25, -0.2) is 9.97 Å². The summed E-state index contributed by atoms with van der Waals surface area (Å²) >= 11 is 6.40. The number of halogens is 1. The first kappa shape index (κ1) is 27.4. The van der Waals surface area contributed by atoms with Crippen LogP contribution in [0.2, 0.25) is 5.02 Å². The largest absolute Gasteiger partial charge is 0.339 e. The van der Waals surface area contributed by atoms with E-state index >= 15 is 0 Å². The lowest BCUT2D eigenvalue weighted by Gasteiger charge is -2.31. The Bertz CT molecular complexity index is 1530. The number of aromatic nitrogens is 3. The minimum absolute atomic E-state index is 0. The van der Waals surface area contributed by atoms with E-state index in [1.54, 1.807) is 12.4 Å². The predicted octanol–water partition coefficient (Wildman–Crippen LogP) is 5.75.